The van der Waals surface area contributed by atoms with Crippen LogP contribution in [-0.2, 0) is 13.0 Å². The van der Waals surface area contributed by atoms with Crippen molar-refractivity contribution in [1.82, 2.24) is 10.3 Å². The van der Waals surface area contributed by atoms with E-state index in [0.29, 0.717) is 12.1 Å². The van der Waals surface area contributed by atoms with Crippen LogP contribution in [0.4, 0.5) is 5.82 Å². The zero-order chi connectivity index (χ0) is 15.8. The molecule has 0 fully saturated rings. The Bertz CT molecular complexity index is 413. The highest BCUT2D eigenvalue weighted by Crippen LogP contribution is 2.19. The van der Waals surface area contributed by atoms with Crippen LogP contribution in [0.3, 0.4) is 0 Å². The zero-order valence-electron chi connectivity index (χ0n) is 14.7. The molecule has 1 heterocycles. The summed E-state index contributed by atoms with van der Waals surface area (Å²) in [5.41, 5.74) is 2.57. The molecule has 0 atom stereocenters. The summed E-state index contributed by atoms with van der Waals surface area (Å²) in [6.07, 6.45) is 3.35. The van der Waals surface area contributed by atoms with E-state index in [1.54, 1.807) is 0 Å². The van der Waals surface area contributed by atoms with Gasteiger partial charge in [-0.2, -0.15) is 0 Å². The molecule has 0 amide bonds. The van der Waals surface area contributed by atoms with Gasteiger partial charge in [-0.15, -0.1) is 0 Å². The van der Waals surface area contributed by atoms with E-state index in [0.717, 1.165) is 38.2 Å². The summed E-state index contributed by atoms with van der Waals surface area (Å²) in [6, 6.07) is 5.50. The number of hydrogen-bond acceptors (Lipinski definition) is 3. The highest BCUT2D eigenvalue weighted by atomic mass is 15.2. The monoisotopic (exact) mass is 291 g/mol. The molecule has 0 spiro atoms. The summed E-state index contributed by atoms with van der Waals surface area (Å²) in [6.45, 7) is 15.3. The van der Waals surface area contributed by atoms with Crippen LogP contribution in [0.5, 0.6) is 0 Å². The van der Waals surface area contributed by atoms with Crippen molar-refractivity contribution < 1.29 is 0 Å². The maximum absolute atomic E-state index is 4.89. The lowest BCUT2D eigenvalue weighted by molar-refractivity contribution is 0.587. The van der Waals surface area contributed by atoms with Gasteiger partial charge in [0.1, 0.15) is 5.82 Å². The number of pyridine rings is 1. The molecule has 1 aromatic heterocycles. The maximum Gasteiger partial charge on any atom is 0.129 e. The molecule has 3 nitrogen and oxygen atoms in total. The van der Waals surface area contributed by atoms with Crippen LogP contribution in [0.2, 0.25) is 0 Å². The average Bonchev–Trinajstić information content (AvgIpc) is 2.42. The molecule has 0 saturated carbocycles. The van der Waals surface area contributed by atoms with Crippen LogP contribution in [0.25, 0.3) is 0 Å². The van der Waals surface area contributed by atoms with Gasteiger partial charge < -0.3 is 10.2 Å². The van der Waals surface area contributed by atoms with Crippen LogP contribution in [-0.4, -0.2) is 23.6 Å². The van der Waals surface area contributed by atoms with Crippen LogP contribution < -0.4 is 10.2 Å². The predicted molar refractivity (Wildman–Crippen MR) is 93.0 cm³/mol. The summed E-state index contributed by atoms with van der Waals surface area (Å²) in [5, 5.41) is 3.51. The number of aromatic nitrogens is 1. The number of hydrogen-bond donors (Lipinski definition) is 1. The molecule has 120 valence electrons. The fraction of sp³-hybridized carbons (Fsp3) is 0.722. The molecular weight excluding hydrogens is 258 g/mol. The van der Waals surface area contributed by atoms with E-state index in [9.17, 15) is 0 Å². The molecule has 1 aromatic rings. The minimum Gasteiger partial charge on any atom is -0.354 e. The molecule has 0 bridgehead atoms. The van der Waals surface area contributed by atoms with Gasteiger partial charge in [-0.05, 0) is 44.4 Å². The Morgan fingerprint density at radius 1 is 1.10 bits per heavy atom. The molecule has 3 heteroatoms. The lowest BCUT2D eigenvalue weighted by Crippen LogP contribution is -2.32. The average molecular weight is 291 g/mol. The number of anilines is 1. The maximum atomic E-state index is 4.89. The topological polar surface area (TPSA) is 28.2 Å². The lowest BCUT2D eigenvalue weighted by Gasteiger charge is -2.28. The fourth-order valence-corrected chi connectivity index (χ4v) is 2.47. The standard InChI is InChI=1S/C18H33N3/c1-7-9-17-11-16(13-19-14(3)4)12-18(20-17)21(10-8-2)15(5)6/h11-12,14-15,19H,7-10,13H2,1-6H3. The molecule has 0 aliphatic rings. The van der Waals surface area contributed by atoms with Crippen molar-refractivity contribution >= 4 is 5.82 Å². The van der Waals surface area contributed by atoms with E-state index < -0.39 is 0 Å². The smallest absolute Gasteiger partial charge is 0.129 e. The van der Waals surface area contributed by atoms with E-state index >= 15 is 0 Å². The van der Waals surface area contributed by atoms with E-state index in [4.69, 9.17) is 4.98 Å². The molecule has 0 aliphatic heterocycles. The minimum atomic E-state index is 0.486. The first-order chi connectivity index (χ1) is 9.97. The normalized spacial score (nSPS) is 11.4. The fourth-order valence-electron chi connectivity index (χ4n) is 2.47. The van der Waals surface area contributed by atoms with Crippen molar-refractivity contribution in [1.29, 1.82) is 0 Å². The van der Waals surface area contributed by atoms with E-state index in [1.165, 1.54) is 11.3 Å². The summed E-state index contributed by atoms with van der Waals surface area (Å²) in [7, 11) is 0. The summed E-state index contributed by atoms with van der Waals surface area (Å²) in [5.74, 6) is 1.14. The second-order valence-electron chi connectivity index (χ2n) is 6.40. The third kappa shape index (κ3) is 6.04. The number of aryl methyl sites for hydroxylation is 1. The molecular formula is C18H33N3. The molecule has 0 aliphatic carbocycles. The van der Waals surface area contributed by atoms with Gasteiger partial charge in [-0.25, -0.2) is 4.98 Å². The lowest BCUT2D eigenvalue weighted by atomic mass is 10.1. The Labute approximate surface area is 131 Å². The Morgan fingerprint density at radius 2 is 1.81 bits per heavy atom. The van der Waals surface area contributed by atoms with E-state index in [1.807, 2.05) is 0 Å². The SMILES string of the molecule is CCCc1cc(CNC(C)C)cc(N(CCC)C(C)C)n1. The van der Waals surface area contributed by atoms with Crippen molar-refractivity contribution in [3.8, 4) is 0 Å². The second kappa shape index (κ2) is 9.04. The molecule has 1 N–H and O–H groups in total. The van der Waals surface area contributed by atoms with Crippen LogP contribution >= 0.6 is 0 Å². The Kier molecular flexibility index (Phi) is 7.73. The van der Waals surface area contributed by atoms with Crippen molar-refractivity contribution in [3.63, 3.8) is 0 Å². The molecule has 0 radical (unpaired) electrons. The van der Waals surface area contributed by atoms with Gasteiger partial charge in [-0.1, -0.05) is 34.1 Å². The van der Waals surface area contributed by atoms with Gasteiger partial charge >= 0.3 is 0 Å². The molecule has 0 saturated heterocycles. The number of rotatable bonds is 9. The highest BCUT2D eigenvalue weighted by Gasteiger charge is 2.13. The quantitative estimate of drug-likeness (QED) is 0.740. The summed E-state index contributed by atoms with van der Waals surface area (Å²) in [4.78, 5) is 7.30. The Balaban J connectivity index is 3.04. The van der Waals surface area contributed by atoms with Crippen LogP contribution in [0, 0.1) is 0 Å². The third-order valence-corrected chi connectivity index (χ3v) is 3.53. The van der Waals surface area contributed by atoms with Gasteiger partial charge in [-0.3, -0.25) is 0 Å². The number of nitrogens with one attached hydrogen (secondary N) is 1. The van der Waals surface area contributed by atoms with Crippen molar-refractivity contribution in [2.75, 3.05) is 11.4 Å². The third-order valence-electron chi connectivity index (χ3n) is 3.53. The molecule has 21 heavy (non-hydrogen) atoms. The predicted octanol–water partition coefficient (Wildman–Crippen LogP) is 4.16. The van der Waals surface area contributed by atoms with Crippen molar-refractivity contribution in [3.05, 3.63) is 23.4 Å². The first-order valence-corrected chi connectivity index (χ1v) is 8.47. The van der Waals surface area contributed by atoms with Gasteiger partial charge in [0.25, 0.3) is 0 Å². The highest BCUT2D eigenvalue weighted by molar-refractivity contribution is 5.43. The first kappa shape index (κ1) is 18.0. The molecule has 0 unspecified atom stereocenters. The van der Waals surface area contributed by atoms with Gasteiger partial charge in [0, 0.05) is 30.9 Å². The van der Waals surface area contributed by atoms with Crippen LogP contribution in [0.1, 0.15) is 65.6 Å². The minimum absolute atomic E-state index is 0.486. The van der Waals surface area contributed by atoms with E-state index in [-0.39, 0.29) is 0 Å². The Morgan fingerprint density at radius 3 is 2.33 bits per heavy atom. The second-order valence-corrected chi connectivity index (χ2v) is 6.40. The van der Waals surface area contributed by atoms with Crippen LogP contribution in [0.15, 0.2) is 12.1 Å². The summed E-state index contributed by atoms with van der Waals surface area (Å²) < 4.78 is 0. The first-order valence-electron chi connectivity index (χ1n) is 8.47. The van der Waals surface area contributed by atoms with E-state index in [2.05, 4.69) is 63.9 Å². The largest absolute Gasteiger partial charge is 0.354 e. The molecule has 1 rings (SSSR count). The molecule has 0 aromatic carbocycles. The van der Waals surface area contributed by atoms with Crippen molar-refractivity contribution in [2.24, 2.45) is 0 Å². The van der Waals surface area contributed by atoms with Gasteiger partial charge in [0.15, 0.2) is 0 Å². The zero-order valence-corrected chi connectivity index (χ0v) is 14.7. The van der Waals surface area contributed by atoms with Gasteiger partial charge in [0.05, 0.1) is 0 Å². The summed E-state index contributed by atoms with van der Waals surface area (Å²) >= 11 is 0. The number of nitrogens with zero attached hydrogens (tertiary/aromatic N) is 2. The van der Waals surface area contributed by atoms with Gasteiger partial charge in [0.2, 0.25) is 0 Å². The van der Waals surface area contributed by atoms with Crippen molar-refractivity contribution in [2.45, 2.75) is 79.4 Å². The Hall–Kier alpha value is -1.09.